The van der Waals surface area contributed by atoms with Crippen molar-refractivity contribution in [3.05, 3.63) is 76.6 Å². The van der Waals surface area contributed by atoms with Crippen molar-refractivity contribution in [2.75, 3.05) is 13.2 Å². The van der Waals surface area contributed by atoms with Gasteiger partial charge in [0.15, 0.2) is 11.5 Å². The van der Waals surface area contributed by atoms with Crippen LogP contribution in [0.1, 0.15) is 21.6 Å². The van der Waals surface area contributed by atoms with Gasteiger partial charge < -0.3 is 9.47 Å². The SMILES string of the molecule is Cc1nn(-c2ccccc2)c(Cl)c1C=CC(=O)NNC(=O)c1ccc2c(c1)OCCO2. The van der Waals surface area contributed by atoms with Gasteiger partial charge in [-0.2, -0.15) is 5.10 Å². The molecule has 0 aliphatic carbocycles. The predicted molar refractivity (Wildman–Crippen MR) is 115 cm³/mol. The van der Waals surface area contributed by atoms with Gasteiger partial charge in [-0.1, -0.05) is 29.8 Å². The Morgan fingerprint density at radius 2 is 1.81 bits per heavy atom. The van der Waals surface area contributed by atoms with Crippen molar-refractivity contribution >= 4 is 29.5 Å². The van der Waals surface area contributed by atoms with Gasteiger partial charge in [-0.25, -0.2) is 4.68 Å². The number of carbonyl (C=O) groups is 2. The number of halogens is 1. The summed E-state index contributed by atoms with van der Waals surface area (Å²) < 4.78 is 12.5. The van der Waals surface area contributed by atoms with Gasteiger partial charge in [0.2, 0.25) is 0 Å². The molecule has 8 nitrogen and oxygen atoms in total. The van der Waals surface area contributed by atoms with Crippen molar-refractivity contribution in [1.29, 1.82) is 0 Å². The zero-order valence-corrected chi connectivity index (χ0v) is 17.3. The number of nitrogens with zero attached hydrogens (tertiary/aromatic N) is 2. The van der Waals surface area contributed by atoms with E-state index in [1.165, 1.54) is 6.08 Å². The highest BCUT2D eigenvalue weighted by Gasteiger charge is 2.16. The molecular formula is C22H19ClN4O4. The molecule has 0 radical (unpaired) electrons. The van der Waals surface area contributed by atoms with Crippen LogP contribution in [0.3, 0.4) is 0 Å². The predicted octanol–water partition coefficient (Wildman–Crippen LogP) is 3.08. The first-order valence-electron chi connectivity index (χ1n) is 9.51. The molecule has 31 heavy (non-hydrogen) atoms. The van der Waals surface area contributed by atoms with E-state index >= 15 is 0 Å². The third-order valence-corrected chi connectivity index (χ3v) is 4.92. The number of para-hydroxylation sites is 1. The van der Waals surface area contributed by atoms with Crippen LogP contribution in [0.25, 0.3) is 11.8 Å². The van der Waals surface area contributed by atoms with Gasteiger partial charge in [-0.15, -0.1) is 0 Å². The molecule has 2 amide bonds. The van der Waals surface area contributed by atoms with Crippen molar-refractivity contribution < 1.29 is 19.1 Å². The number of rotatable bonds is 4. The lowest BCUT2D eigenvalue weighted by molar-refractivity contribution is -0.117. The Balaban J connectivity index is 1.39. The van der Waals surface area contributed by atoms with E-state index in [0.717, 1.165) is 5.69 Å². The van der Waals surface area contributed by atoms with E-state index in [9.17, 15) is 9.59 Å². The van der Waals surface area contributed by atoms with Crippen molar-refractivity contribution in [3.63, 3.8) is 0 Å². The molecule has 9 heteroatoms. The zero-order chi connectivity index (χ0) is 21.8. The lowest BCUT2D eigenvalue weighted by atomic mass is 10.2. The Morgan fingerprint density at radius 1 is 1.06 bits per heavy atom. The van der Waals surface area contributed by atoms with Gasteiger partial charge >= 0.3 is 0 Å². The molecule has 1 aliphatic heterocycles. The van der Waals surface area contributed by atoms with E-state index in [2.05, 4.69) is 16.0 Å². The fourth-order valence-corrected chi connectivity index (χ4v) is 3.35. The molecule has 0 fully saturated rings. The normalized spacial score (nSPS) is 12.6. The number of hydrogen-bond acceptors (Lipinski definition) is 5. The number of hydrazine groups is 1. The molecule has 4 rings (SSSR count). The number of aromatic nitrogens is 2. The average molecular weight is 439 g/mol. The Bertz CT molecular complexity index is 1160. The number of hydrogen-bond donors (Lipinski definition) is 2. The van der Waals surface area contributed by atoms with Crippen LogP contribution in [0.4, 0.5) is 0 Å². The molecule has 0 bridgehead atoms. The summed E-state index contributed by atoms with van der Waals surface area (Å²) in [6, 6.07) is 14.2. The number of carbonyl (C=O) groups excluding carboxylic acids is 2. The van der Waals surface area contributed by atoms with Crippen molar-refractivity contribution in [2.24, 2.45) is 0 Å². The van der Waals surface area contributed by atoms with E-state index in [-0.39, 0.29) is 0 Å². The van der Waals surface area contributed by atoms with E-state index in [1.54, 1.807) is 35.9 Å². The minimum absolute atomic E-state index is 0.330. The Kier molecular flexibility index (Phi) is 5.90. The lowest BCUT2D eigenvalue weighted by Crippen LogP contribution is -2.40. The smallest absolute Gasteiger partial charge is 0.269 e. The molecule has 3 aromatic rings. The Hall–Kier alpha value is -3.78. The minimum Gasteiger partial charge on any atom is -0.486 e. The van der Waals surface area contributed by atoms with E-state index < -0.39 is 11.8 Å². The van der Waals surface area contributed by atoms with Crippen LogP contribution in [0.15, 0.2) is 54.6 Å². The fraction of sp³-hybridized carbons (Fsp3) is 0.136. The number of nitrogens with one attached hydrogen (secondary N) is 2. The molecule has 0 atom stereocenters. The topological polar surface area (TPSA) is 94.5 Å². The summed E-state index contributed by atoms with van der Waals surface area (Å²) in [5.74, 6) is 0.0717. The number of benzene rings is 2. The largest absolute Gasteiger partial charge is 0.486 e. The molecule has 0 saturated carbocycles. The second kappa shape index (κ2) is 8.93. The van der Waals surface area contributed by atoms with Gasteiger partial charge in [0, 0.05) is 17.2 Å². The monoisotopic (exact) mass is 438 g/mol. The third kappa shape index (κ3) is 4.54. The maximum atomic E-state index is 12.3. The average Bonchev–Trinajstić information content (AvgIpc) is 3.09. The van der Waals surface area contributed by atoms with Gasteiger partial charge in [-0.3, -0.25) is 20.4 Å². The Morgan fingerprint density at radius 3 is 2.58 bits per heavy atom. The molecule has 0 spiro atoms. The van der Waals surface area contributed by atoms with Crippen LogP contribution in [0.2, 0.25) is 5.15 Å². The van der Waals surface area contributed by atoms with Gasteiger partial charge in [0.05, 0.1) is 11.4 Å². The molecular weight excluding hydrogens is 420 g/mol. The Labute approximate surface area is 183 Å². The summed E-state index contributed by atoms with van der Waals surface area (Å²) in [6.07, 6.45) is 2.82. The first-order valence-corrected chi connectivity index (χ1v) is 9.89. The third-order valence-electron chi connectivity index (χ3n) is 4.55. The highest BCUT2D eigenvalue weighted by atomic mass is 35.5. The fourth-order valence-electron chi connectivity index (χ4n) is 3.02. The van der Waals surface area contributed by atoms with Crippen LogP contribution >= 0.6 is 11.6 Å². The molecule has 2 aromatic carbocycles. The van der Waals surface area contributed by atoms with Gasteiger partial charge in [0.25, 0.3) is 11.8 Å². The van der Waals surface area contributed by atoms with Crippen LogP contribution in [0.5, 0.6) is 11.5 Å². The van der Waals surface area contributed by atoms with E-state index in [1.807, 2.05) is 30.3 Å². The van der Waals surface area contributed by atoms with E-state index in [4.69, 9.17) is 21.1 Å². The molecule has 1 aliphatic rings. The second-order valence-corrected chi connectivity index (χ2v) is 7.03. The minimum atomic E-state index is -0.520. The summed E-state index contributed by atoms with van der Waals surface area (Å²) in [4.78, 5) is 24.5. The number of fused-ring (bicyclic) bond motifs is 1. The zero-order valence-electron chi connectivity index (χ0n) is 16.6. The standard InChI is InChI=1S/C22H19ClN4O4/c1-14-17(21(23)27(26-14)16-5-3-2-4-6-16)8-10-20(28)24-25-22(29)15-7-9-18-19(13-15)31-12-11-30-18/h2-10,13H,11-12H2,1H3,(H,24,28)(H,25,29). The summed E-state index contributed by atoms with van der Waals surface area (Å²) in [6.45, 7) is 2.68. The van der Waals surface area contributed by atoms with Gasteiger partial charge in [-0.05, 0) is 43.3 Å². The number of aryl methyl sites for hydroxylation is 1. The first-order chi connectivity index (χ1) is 15.0. The number of amides is 2. The molecule has 2 heterocycles. The van der Waals surface area contributed by atoms with Gasteiger partial charge in [0.1, 0.15) is 18.4 Å². The molecule has 0 saturated heterocycles. The molecule has 0 unspecified atom stereocenters. The summed E-state index contributed by atoms with van der Waals surface area (Å²) in [5.41, 5.74) is 7.12. The van der Waals surface area contributed by atoms with Crippen molar-refractivity contribution in [3.8, 4) is 17.2 Å². The quantitative estimate of drug-likeness (QED) is 0.482. The molecule has 2 N–H and O–H groups in total. The molecule has 1 aromatic heterocycles. The van der Waals surface area contributed by atoms with E-state index in [0.29, 0.717) is 46.7 Å². The van der Waals surface area contributed by atoms with Crippen LogP contribution in [0, 0.1) is 6.92 Å². The first kappa shape index (κ1) is 20.5. The molecule has 158 valence electrons. The van der Waals surface area contributed by atoms with Crippen molar-refractivity contribution in [2.45, 2.75) is 6.92 Å². The maximum absolute atomic E-state index is 12.3. The number of ether oxygens (including phenoxy) is 2. The summed E-state index contributed by atoms with van der Waals surface area (Å²) >= 11 is 6.44. The van der Waals surface area contributed by atoms with Crippen molar-refractivity contribution in [1.82, 2.24) is 20.6 Å². The lowest BCUT2D eigenvalue weighted by Gasteiger charge is -2.18. The van der Waals surface area contributed by atoms with Crippen LogP contribution in [-0.2, 0) is 4.79 Å². The maximum Gasteiger partial charge on any atom is 0.269 e. The highest BCUT2D eigenvalue weighted by molar-refractivity contribution is 6.31. The van der Waals surface area contributed by atoms with Crippen LogP contribution in [-0.4, -0.2) is 34.8 Å². The summed E-state index contributed by atoms with van der Waals surface area (Å²) in [7, 11) is 0. The second-order valence-electron chi connectivity index (χ2n) is 6.67. The summed E-state index contributed by atoms with van der Waals surface area (Å²) in [5, 5.41) is 4.80. The highest BCUT2D eigenvalue weighted by Crippen LogP contribution is 2.30. The van der Waals surface area contributed by atoms with Crippen LogP contribution < -0.4 is 20.3 Å².